The second kappa shape index (κ2) is 14.8. The molecular weight excluding hydrogens is 765 g/mol. The first-order valence-corrected chi connectivity index (χ1v) is 21.6. The maximum absolute atomic E-state index is 6.22. The lowest BCUT2D eigenvalue weighted by Crippen LogP contribution is -2.22. The monoisotopic (exact) mass is 804 g/mol. The summed E-state index contributed by atoms with van der Waals surface area (Å²) >= 11 is 0. The zero-order valence-electron chi connectivity index (χ0n) is 34.7. The third kappa shape index (κ3) is 6.12. The highest BCUT2D eigenvalue weighted by Crippen LogP contribution is 2.56. The number of nitrogens with zero attached hydrogens (tertiary/aromatic N) is 2. The molecule has 3 heteroatoms. The molecule has 63 heavy (non-hydrogen) atoms. The highest BCUT2D eigenvalue weighted by atomic mass is 16.3. The van der Waals surface area contributed by atoms with E-state index in [9.17, 15) is 0 Å². The lowest BCUT2D eigenvalue weighted by molar-refractivity contribution is 0.669. The van der Waals surface area contributed by atoms with Gasteiger partial charge < -0.3 is 4.42 Å². The van der Waals surface area contributed by atoms with Crippen LogP contribution in [0.2, 0.25) is 0 Å². The Labute approximate surface area is 366 Å². The molecule has 0 saturated carbocycles. The highest BCUT2D eigenvalue weighted by Gasteiger charge is 2.42. The van der Waals surface area contributed by atoms with E-state index < -0.39 is 0 Å². The minimum atomic E-state index is -0.342. The molecule has 9 aromatic carbocycles. The Morgan fingerprint density at radius 1 is 0.365 bits per heavy atom. The van der Waals surface area contributed by atoms with Crippen molar-refractivity contribution in [1.82, 2.24) is 9.97 Å². The summed E-state index contributed by atoms with van der Waals surface area (Å²) in [5, 5.41) is 2.25. The van der Waals surface area contributed by atoms with Crippen LogP contribution in [0.15, 0.2) is 229 Å². The van der Waals surface area contributed by atoms with Crippen molar-refractivity contribution >= 4 is 21.9 Å². The third-order valence-corrected chi connectivity index (χ3v) is 13.0. The van der Waals surface area contributed by atoms with Crippen molar-refractivity contribution in [3.63, 3.8) is 0 Å². The number of rotatable bonds is 7. The fourth-order valence-electron chi connectivity index (χ4n) is 9.85. The van der Waals surface area contributed by atoms with Crippen LogP contribution in [0.25, 0.3) is 100 Å². The predicted molar refractivity (Wildman–Crippen MR) is 259 cm³/mol. The summed E-state index contributed by atoms with van der Waals surface area (Å²) in [4.78, 5) is 10.4. The van der Waals surface area contributed by atoms with E-state index in [1.54, 1.807) is 0 Å². The van der Waals surface area contributed by atoms with Crippen LogP contribution in [0.5, 0.6) is 0 Å². The minimum absolute atomic E-state index is 0.342. The smallest absolute Gasteiger partial charge is 0.160 e. The van der Waals surface area contributed by atoms with Gasteiger partial charge in [-0.15, -0.1) is 0 Å². The van der Waals surface area contributed by atoms with Gasteiger partial charge in [0.1, 0.15) is 11.2 Å². The Bertz CT molecular complexity index is 3500. The highest BCUT2D eigenvalue weighted by molar-refractivity contribution is 6.12. The standard InChI is InChI=1S/C60H40N2O/c1-60(46-22-9-4-10-23-46)51-27-14-25-47(39-16-5-2-6-17-39)57(51)49-35-34-44(37-52(49)60)43-20-13-21-45(36-43)54-38-53(61-59(62-54)42-18-7-3-8-19-42)41-32-30-40(31-33-41)48-26-15-29-56-58(48)50-24-11-12-28-55(50)63-56/h2-38H,1H3. The third-order valence-electron chi connectivity index (χ3n) is 13.0. The van der Waals surface area contributed by atoms with Gasteiger partial charge in [0, 0.05) is 32.9 Å². The van der Waals surface area contributed by atoms with E-state index in [2.05, 4.69) is 195 Å². The van der Waals surface area contributed by atoms with Crippen molar-refractivity contribution < 1.29 is 4.42 Å². The fraction of sp³-hybridized carbons (Fsp3) is 0.0333. The molecule has 0 fully saturated rings. The Balaban J connectivity index is 0.958. The predicted octanol–water partition coefficient (Wildman–Crippen LogP) is 15.7. The second-order valence-electron chi connectivity index (χ2n) is 16.6. The zero-order valence-corrected chi connectivity index (χ0v) is 34.7. The summed E-state index contributed by atoms with van der Waals surface area (Å²) in [6.45, 7) is 2.39. The van der Waals surface area contributed by atoms with E-state index in [1.807, 2.05) is 36.4 Å². The van der Waals surface area contributed by atoms with Gasteiger partial charge in [0.15, 0.2) is 5.82 Å². The van der Waals surface area contributed by atoms with Crippen LogP contribution in [0.1, 0.15) is 23.6 Å². The molecule has 2 aromatic heterocycles. The molecule has 0 spiro atoms. The van der Waals surface area contributed by atoms with Crippen molar-refractivity contribution in [3.05, 3.63) is 241 Å². The topological polar surface area (TPSA) is 38.9 Å². The van der Waals surface area contributed by atoms with E-state index >= 15 is 0 Å². The maximum Gasteiger partial charge on any atom is 0.160 e. The molecule has 1 aliphatic carbocycles. The molecule has 3 nitrogen and oxygen atoms in total. The summed E-state index contributed by atoms with van der Waals surface area (Å²) in [5.41, 5.74) is 19.8. The van der Waals surface area contributed by atoms with Gasteiger partial charge >= 0.3 is 0 Å². The normalized spacial score (nSPS) is 14.2. The average Bonchev–Trinajstić information content (AvgIpc) is 3.88. The van der Waals surface area contributed by atoms with Crippen molar-refractivity contribution in [2.75, 3.05) is 0 Å². The molecule has 11 aromatic rings. The molecule has 0 saturated heterocycles. The Morgan fingerprint density at radius 2 is 0.921 bits per heavy atom. The van der Waals surface area contributed by atoms with Crippen LogP contribution in [0.4, 0.5) is 0 Å². The number of furan rings is 1. The van der Waals surface area contributed by atoms with E-state index in [4.69, 9.17) is 14.4 Å². The van der Waals surface area contributed by atoms with Crippen molar-refractivity contribution in [3.8, 4) is 78.4 Å². The van der Waals surface area contributed by atoms with E-state index in [-0.39, 0.29) is 5.41 Å². The summed E-state index contributed by atoms with van der Waals surface area (Å²) in [5.74, 6) is 0.690. The Hall–Kier alpha value is -8.14. The van der Waals surface area contributed by atoms with Gasteiger partial charge in [-0.25, -0.2) is 9.97 Å². The van der Waals surface area contributed by atoms with E-state index in [1.165, 1.54) is 44.5 Å². The van der Waals surface area contributed by atoms with Gasteiger partial charge in [-0.2, -0.15) is 0 Å². The molecule has 1 aliphatic rings. The van der Waals surface area contributed by atoms with Gasteiger partial charge in [0.05, 0.1) is 11.4 Å². The second-order valence-corrected chi connectivity index (χ2v) is 16.6. The van der Waals surface area contributed by atoms with Crippen molar-refractivity contribution in [2.24, 2.45) is 0 Å². The fourth-order valence-corrected chi connectivity index (χ4v) is 9.85. The first-order valence-electron chi connectivity index (χ1n) is 21.6. The number of hydrogen-bond donors (Lipinski definition) is 0. The number of fused-ring (bicyclic) bond motifs is 6. The largest absolute Gasteiger partial charge is 0.456 e. The molecule has 1 unspecified atom stereocenters. The summed E-state index contributed by atoms with van der Waals surface area (Å²) in [7, 11) is 0. The Kier molecular flexibility index (Phi) is 8.62. The first kappa shape index (κ1) is 36.7. The van der Waals surface area contributed by atoms with Crippen molar-refractivity contribution in [1.29, 1.82) is 0 Å². The molecule has 2 heterocycles. The number of para-hydroxylation sites is 1. The first-order chi connectivity index (χ1) is 31.1. The minimum Gasteiger partial charge on any atom is -0.456 e. The SMILES string of the molecule is CC1(c2ccccc2)c2cc(-c3cccc(-c4cc(-c5ccc(-c6cccc7oc8ccccc8c67)cc5)nc(-c5ccccc5)n4)c3)ccc2-c2c(-c3ccccc3)cccc21. The van der Waals surface area contributed by atoms with E-state index in [0.717, 1.165) is 66.7 Å². The van der Waals surface area contributed by atoms with Crippen LogP contribution < -0.4 is 0 Å². The molecular formula is C60H40N2O. The van der Waals surface area contributed by atoms with E-state index in [0.29, 0.717) is 5.82 Å². The van der Waals surface area contributed by atoms with Crippen LogP contribution in [0, 0.1) is 0 Å². The lowest BCUT2D eigenvalue weighted by Gasteiger charge is -2.29. The van der Waals surface area contributed by atoms with Crippen LogP contribution in [0.3, 0.4) is 0 Å². The van der Waals surface area contributed by atoms with Crippen molar-refractivity contribution in [2.45, 2.75) is 12.3 Å². The molecule has 296 valence electrons. The van der Waals surface area contributed by atoms with Gasteiger partial charge in [-0.1, -0.05) is 194 Å². The number of hydrogen-bond acceptors (Lipinski definition) is 3. The molecule has 0 amide bonds. The quantitative estimate of drug-likeness (QED) is 0.161. The molecule has 0 N–H and O–H groups in total. The van der Waals surface area contributed by atoms with Gasteiger partial charge in [0.2, 0.25) is 0 Å². The summed E-state index contributed by atoms with van der Waals surface area (Å²) in [6.07, 6.45) is 0. The van der Waals surface area contributed by atoms with Crippen LogP contribution >= 0.6 is 0 Å². The van der Waals surface area contributed by atoms with Crippen LogP contribution in [-0.4, -0.2) is 9.97 Å². The molecule has 0 aliphatic heterocycles. The molecule has 0 bridgehead atoms. The zero-order chi connectivity index (χ0) is 41.9. The maximum atomic E-state index is 6.22. The van der Waals surface area contributed by atoms with Gasteiger partial charge in [0.25, 0.3) is 0 Å². The number of aromatic nitrogens is 2. The summed E-state index contributed by atoms with van der Waals surface area (Å²) < 4.78 is 6.22. The molecule has 12 rings (SSSR count). The average molecular weight is 805 g/mol. The van der Waals surface area contributed by atoms with Gasteiger partial charge in [-0.05, 0) is 98.5 Å². The Morgan fingerprint density at radius 3 is 1.71 bits per heavy atom. The number of benzene rings is 9. The summed E-state index contributed by atoms with van der Waals surface area (Å²) in [6, 6.07) is 80.0. The lowest BCUT2D eigenvalue weighted by atomic mass is 9.73. The molecule has 1 atom stereocenters. The van der Waals surface area contributed by atoms with Gasteiger partial charge in [-0.3, -0.25) is 0 Å². The van der Waals surface area contributed by atoms with Crippen LogP contribution in [-0.2, 0) is 5.41 Å². The molecule has 0 radical (unpaired) electrons.